The van der Waals surface area contributed by atoms with Gasteiger partial charge in [0.15, 0.2) is 0 Å². The summed E-state index contributed by atoms with van der Waals surface area (Å²) in [6.07, 6.45) is 2.11. The molecule has 0 saturated heterocycles. The second kappa shape index (κ2) is 7.75. The highest BCUT2D eigenvalue weighted by atomic mass is 32.1. The third-order valence-electron chi connectivity index (χ3n) is 4.56. The van der Waals surface area contributed by atoms with Gasteiger partial charge in [0.1, 0.15) is 0 Å². The molecule has 3 nitrogen and oxygen atoms in total. The van der Waals surface area contributed by atoms with Crippen molar-refractivity contribution in [3.63, 3.8) is 0 Å². The van der Waals surface area contributed by atoms with Crippen molar-refractivity contribution < 1.29 is 4.79 Å². The zero-order chi connectivity index (χ0) is 16.1. The van der Waals surface area contributed by atoms with Gasteiger partial charge in [0.2, 0.25) is 5.91 Å². The predicted molar refractivity (Wildman–Crippen MR) is 95.8 cm³/mol. The number of carbonyl (C=O) groups excluding carboxylic acids is 1. The molecule has 1 atom stereocenters. The SMILES string of the molecule is CCC(CNC(=O)CN1CCc2sccc2C1)c1ccccc1. The Morgan fingerprint density at radius 3 is 2.91 bits per heavy atom. The summed E-state index contributed by atoms with van der Waals surface area (Å²) in [4.78, 5) is 16.0. The van der Waals surface area contributed by atoms with E-state index in [1.54, 1.807) is 0 Å². The lowest BCUT2D eigenvalue weighted by Gasteiger charge is -2.26. The van der Waals surface area contributed by atoms with Gasteiger partial charge in [-0.05, 0) is 35.4 Å². The van der Waals surface area contributed by atoms with Crippen molar-refractivity contribution in [2.24, 2.45) is 0 Å². The number of nitrogens with zero attached hydrogens (tertiary/aromatic N) is 1. The number of amides is 1. The first-order valence-electron chi connectivity index (χ1n) is 8.35. The van der Waals surface area contributed by atoms with E-state index in [1.807, 2.05) is 17.4 Å². The van der Waals surface area contributed by atoms with E-state index in [1.165, 1.54) is 16.0 Å². The van der Waals surface area contributed by atoms with Crippen molar-refractivity contribution in [2.45, 2.75) is 32.2 Å². The second-order valence-electron chi connectivity index (χ2n) is 6.15. The Morgan fingerprint density at radius 1 is 1.30 bits per heavy atom. The van der Waals surface area contributed by atoms with Gasteiger partial charge < -0.3 is 5.32 Å². The molecule has 0 bridgehead atoms. The molecular weight excluding hydrogens is 304 g/mol. The fraction of sp³-hybridized carbons (Fsp3) is 0.421. The lowest BCUT2D eigenvalue weighted by molar-refractivity contribution is -0.122. The van der Waals surface area contributed by atoms with Gasteiger partial charge in [0.25, 0.3) is 0 Å². The molecule has 0 saturated carbocycles. The lowest BCUT2D eigenvalue weighted by atomic mass is 9.96. The molecule has 23 heavy (non-hydrogen) atoms. The smallest absolute Gasteiger partial charge is 0.234 e. The van der Waals surface area contributed by atoms with E-state index >= 15 is 0 Å². The van der Waals surface area contributed by atoms with E-state index in [-0.39, 0.29) is 5.91 Å². The highest BCUT2D eigenvalue weighted by molar-refractivity contribution is 7.10. The molecule has 1 aliphatic rings. The number of hydrogen-bond acceptors (Lipinski definition) is 3. The highest BCUT2D eigenvalue weighted by Gasteiger charge is 2.19. The summed E-state index contributed by atoms with van der Waals surface area (Å²) >= 11 is 1.83. The lowest BCUT2D eigenvalue weighted by Crippen LogP contribution is -2.40. The molecular formula is C19H24N2OS. The molecule has 1 unspecified atom stereocenters. The first-order valence-corrected chi connectivity index (χ1v) is 9.23. The van der Waals surface area contributed by atoms with Crippen molar-refractivity contribution in [1.82, 2.24) is 10.2 Å². The minimum atomic E-state index is 0.137. The highest BCUT2D eigenvalue weighted by Crippen LogP contribution is 2.23. The van der Waals surface area contributed by atoms with Gasteiger partial charge in [-0.2, -0.15) is 0 Å². The van der Waals surface area contributed by atoms with Crippen LogP contribution in [-0.4, -0.2) is 30.4 Å². The fourth-order valence-corrected chi connectivity index (χ4v) is 4.05. The summed E-state index contributed by atoms with van der Waals surface area (Å²) in [5.41, 5.74) is 2.70. The Kier molecular flexibility index (Phi) is 5.47. The van der Waals surface area contributed by atoms with Crippen molar-refractivity contribution in [3.8, 4) is 0 Å². The zero-order valence-electron chi connectivity index (χ0n) is 13.6. The quantitative estimate of drug-likeness (QED) is 0.881. The number of carbonyl (C=O) groups is 1. The van der Waals surface area contributed by atoms with Gasteiger partial charge in [-0.1, -0.05) is 37.3 Å². The maximum atomic E-state index is 12.3. The van der Waals surface area contributed by atoms with Crippen molar-refractivity contribution in [1.29, 1.82) is 0 Å². The topological polar surface area (TPSA) is 32.3 Å². The van der Waals surface area contributed by atoms with Crippen LogP contribution < -0.4 is 5.32 Å². The van der Waals surface area contributed by atoms with E-state index in [0.29, 0.717) is 12.5 Å². The first-order chi connectivity index (χ1) is 11.3. The second-order valence-corrected chi connectivity index (χ2v) is 7.15. The first kappa shape index (κ1) is 16.2. The van der Waals surface area contributed by atoms with Crippen LogP contribution in [0.15, 0.2) is 41.8 Å². The van der Waals surface area contributed by atoms with Crippen LogP contribution in [0.2, 0.25) is 0 Å². The zero-order valence-corrected chi connectivity index (χ0v) is 14.4. The van der Waals surface area contributed by atoms with E-state index < -0.39 is 0 Å². The van der Waals surface area contributed by atoms with Crippen LogP contribution in [0.4, 0.5) is 0 Å². The van der Waals surface area contributed by atoms with E-state index in [4.69, 9.17) is 0 Å². The molecule has 0 radical (unpaired) electrons. The molecule has 0 aliphatic carbocycles. The Hall–Kier alpha value is -1.65. The minimum absolute atomic E-state index is 0.137. The molecule has 4 heteroatoms. The number of thiophene rings is 1. The summed E-state index contributed by atoms with van der Waals surface area (Å²) in [5.74, 6) is 0.531. The molecule has 1 N–H and O–H groups in total. The molecule has 3 rings (SSSR count). The van der Waals surface area contributed by atoms with Crippen molar-refractivity contribution >= 4 is 17.2 Å². The summed E-state index contributed by atoms with van der Waals surface area (Å²) < 4.78 is 0. The van der Waals surface area contributed by atoms with E-state index in [2.05, 4.69) is 52.9 Å². The number of fused-ring (bicyclic) bond motifs is 1. The van der Waals surface area contributed by atoms with Crippen molar-refractivity contribution in [2.75, 3.05) is 19.6 Å². The van der Waals surface area contributed by atoms with Crippen LogP contribution in [0.25, 0.3) is 0 Å². The number of benzene rings is 1. The molecule has 1 aromatic heterocycles. The summed E-state index contributed by atoms with van der Waals surface area (Å²) in [5, 5.41) is 5.27. The maximum absolute atomic E-state index is 12.3. The fourth-order valence-electron chi connectivity index (χ4n) is 3.16. The number of rotatable bonds is 6. The van der Waals surface area contributed by atoms with Gasteiger partial charge in [-0.3, -0.25) is 9.69 Å². The molecule has 1 aliphatic heterocycles. The van der Waals surface area contributed by atoms with Gasteiger partial charge in [-0.25, -0.2) is 0 Å². The van der Waals surface area contributed by atoms with Crippen LogP contribution in [-0.2, 0) is 17.8 Å². The van der Waals surface area contributed by atoms with Crippen LogP contribution in [0.3, 0.4) is 0 Å². The Bertz CT molecular complexity index is 638. The van der Waals surface area contributed by atoms with Gasteiger partial charge in [0.05, 0.1) is 6.54 Å². The Balaban J connectivity index is 1.48. The number of nitrogens with one attached hydrogen (secondary N) is 1. The average molecular weight is 328 g/mol. The van der Waals surface area contributed by atoms with Crippen LogP contribution in [0.1, 0.15) is 35.3 Å². The summed E-state index contributed by atoms with van der Waals surface area (Å²) in [6.45, 7) is 5.28. The minimum Gasteiger partial charge on any atom is -0.354 e. The Labute approximate surface area is 142 Å². The predicted octanol–water partition coefficient (Wildman–Crippen LogP) is 3.42. The van der Waals surface area contributed by atoms with Crippen LogP contribution >= 0.6 is 11.3 Å². The Morgan fingerprint density at radius 2 is 2.13 bits per heavy atom. The van der Waals surface area contributed by atoms with E-state index in [0.717, 1.165) is 32.5 Å². The van der Waals surface area contributed by atoms with Gasteiger partial charge in [-0.15, -0.1) is 11.3 Å². The molecule has 122 valence electrons. The normalized spacial score (nSPS) is 15.9. The standard InChI is InChI=1S/C19H24N2OS/c1-2-15(16-6-4-3-5-7-16)12-20-19(22)14-21-10-8-18-17(13-21)9-11-23-18/h3-7,9,11,15H,2,8,10,12-14H2,1H3,(H,20,22). The average Bonchev–Trinajstić information content (AvgIpc) is 3.04. The van der Waals surface area contributed by atoms with E-state index in [9.17, 15) is 4.79 Å². The largest absolute Gasteiger partial charge is 0.354 e. The molecule has 1 amide bonds. The van der Waals surface area contributed by atoms with Crippen molar-refractivity contribution in [3.05, 3.63) is 57.8 Å². The third kappa shape index (κ3) is 4.21. The van der Waals surface area contributed by atoms with Crippen LogP contribution in [0, 0.1) is 0 Å². The summed E-state index contributed by atoms with van der Waals surface area (Å²) in [6, 6.07) is 12.6. The molecule has 2 heterocycles. The molecule has 0 spiro atoms. The van der Waals surface area contributed by atoms with Crippen LogP contribution in [0.5, 0.6) is 0 Å². The molecule has 2 aromatic rings. The van der Waals surface area contributed by atoms with Gasteiger partial charge >= 0.3 is 0 Å². The van der Waals surface area contributed by atoms with Gasteiger partial charge in [0, 0.05) is 30.4 Å². The molecule has 0 fully saturated rings. The monoisotopic (exact) mass is 328 g/mol. The number of hydrogen-bond donors (Lipinski definition) is 1. The summed E-state index contributed by atoms with van der Waals surface area (Å²) in [7, 11) is 0. The molecule has 1 aromatic carbocycles. The third-order valence-corrected chi connectivity index (χ3v) is 5.59. The maximum Gasteiger partial charge on any atom is 0.234 e.